The molecule has 3 heterocycles. The maximum Gasteiger partial charge on any atom is 0.272 e. The van der Waals surface area contributed by atoms with Crippen LogP contribution >= 0.6 is 0 Å². The lowest BCUT2D eigenvalue weighted by Crippen LogP contribution is -2.45. The molecule has 138 valence electrons. The van der Waals surface area contributed by atoms with Gasteiger partial charge >= 0.3 is 0 Å². The maximum absolute atomic E-state index is 13.1. The van der Waals surface area contributed by atoms with Crippen molar-refractivity contribution >= 4 is 11.8 Å². The van der Waals surface area contributed by atoms with Crippen molar-refractivity contribution in [3.63, 3.8) is 0 Å². The zero-order valence-electron chi connectivity index (χ0n) is 15.0. The molecule has 2 aliphatic rings. The molecule has 7 heteroatoms. The number of ether oxygens (including phenoxy) is 1. The summed E-state index contributed by atoms with van der Waals surface area (Å²) in [5.41, 5.74) is 0.645. The van der Waals surface area contributed by atoms with Crippen LogP contribution in [0.15, 0.2) is 12.3 Å². The van der Waals surface area contributed by atoms with Gasteiger partial charge in [0.15, 0.2) is 0 Å². The van der Waals surface area contributed by atoms with E-state index in [1.165, 1.54) is 0 Å². The minimum atomic E-state index is 0.0407. The Morgan fingerprint density at radius 1 is 1.40 bits per heavy atom. The van der Waals surface area contributed by atoms with Gasteiger partial charge in [-0.2, -0.15) is 5.10 Å². The highest BCUT2D eigenvalue weighted by Crippen LogP contribution is 2.19. The first-order chi connectivity index (χ1) is 12.2. The lowest BCUT2D eigenvalue weighted by atomic mass is 10.1. The van der Waals surface area contributed by atoms with Gasteiger partial charge in [0.1, 0.15) is 5.69 Å². The number of carbonyl (C=O) groups is 2. The fraction of sp³-hybridized carbons (Fsp3) is 0.722. The fourth-order valence-electron chi connectivity index (χ4n) is 3.73. The number of amides is 2. The van der Waals surface area contributed by atoms with E-state index >= 15 is 0 Å². The largest absolute Gasteiger partial charge is 0.381 e. The molecule has 25 heavy (non-hydrogen) atoms. The Hall–Kier alpha value is -1.89. The van der Waals surface area contributed by atoms with Crippen molar-refractivity contribution in [1.29, 1.82) is 0 Å². The minimum Gasteiger partial charge on any atom is -0.381 e. The quantitative estimate of drug-likeness (QED) is 0.749. The smallest absolute Gasteiger partial charge is 0.272 e. The van der Waals surface area contributed by atoms with Gasteiger partial charge in [0.05, 0.1) is 0 Å². The van der Waals surface area contributed by atoms with Crippen molar-refractivity contribution in [3.05, 3.63) is 18.0 Å². The molecule has 3 rings (SSSR count). The third-order valence-electron chi connectivity index (χ3n) is 5.13. The van der Waals surface area contributed by atoms with Gasteiger partial charge in [0.2, 0.25) is 5.91 Å². The van der Waals surface area contributed by atoms with Gasteiger partial charge in [-0.1, -0.05) is 0 Å². The van der Waals surface area contributed by atoms with Gasteiger partial charge in [-0.05, 0) is 38.7 Å². The molecule has 1 aromatic rings. The van der Waals surface area contributed by atoms with Crippen LogP contribution in [-0.4, -0.2) is 70.3 Å². The lowest BCUT2D eigenvalue weighted by Gasteiger charge is -2.34. The van der Waals surface area contributed by atoms with Gasteiger partial charge in [0.25, 0.3) is 5.91 Å². The van der Waals surface area contributed by atoms with Crippen LogP contribution in [0.25, 0.3) is 0 Å². The van der Waals surface area contributed by atoms with Crippen molar-refractivity contribution in [3.8, 4) is 0 Å². The van der Waals surface area contributed by atoms with E-state index in [2.05, 4.69) is 5.10 Å². The van der Waals surface area contributed by atoms with Crippen molar-refractivity contribution in [2.45, 2.75) is 51.6 Å². The lowest BCUT2D eigenvalue weighted by molar-refractivity contribution is -0.127. The molecule has 0 atom stereocenters. The first kappa shape index (κ1) is 17.9. The Bertz CT molecular complexity index is 595. The summed E-state index contributed by atoms with van der Waals surface area (Å²) in [6, 6.07) is 2.00. The molecule has 2 aliphatic heterocycles. The topological polar surface area (TPSA) is 67.7 Å². The van der Waals surface area contributed by atoms with E-state index in [4.69, 9.17) is 4.74 Å². The highest BCUT2D eigenvalue weighted by molar-refractivity contribution is 5.92. The highest BCUT2D eigenvalue weighted by Gasteiger charge is 2.28. The second kappa shape index (κ2) is 8.47. The zero-order chi connectivity index (χ0) is 17.6. The third-order valence-corrected chi connectivity index (χ3v) is 5.13. The Labute approximate surface area is 148 Å². The number of carbonyl (C=O) groups excluding carboxylic acids is 2. The molecule has 0 aromatic carbocycles. The van der Waals surface area contributed by atoms with Crippen LogP contribution in [0.5, 0.6) is 0 Å². The summed E-state index contributed by atoms with van der Waals surface area (Å²) in [6.45, 7) is 6.32. The zero-order valence-corrected chi connectivity index (χ0v) is 15.0. The predicted octanol–water partition coefficient (Wildman–Crippen LogP) is 1.54. The molecule has 2 fully saturated rings. The molecule has 2 saturated heterocycles. The average Bonchev–Trinajstić information content (AvgIpc) is 3.28. The van der Waals surface area contributed by atoms with E-state index in [9.17, 15) is 9.59 Å². The van der Waals surface area contributed by atoms with Gasteiger partial charge in [-0.3, -0.25) is 14.3 Å². The number of aromatic nitrogens is 2. The maximum atomic E-state index is 13.1. The van der Waals surface area contributed by atoms with Gasteiger partial charge < -0.3 is 14.5 Å². The standard InChI is InChI=1S/C18H28N4O3/c1-2-22-16(6-9-19-22)18(24)21(15-7-13-25-14-8-15)12-4-11-20-10-3-5-17(20)23/h6,9,15H,2-5,7-8,10-14H2,1H3. The molecular weight excluding hydrogens is 320 g/mol. The molecule has 7 nitrogen and oxygen atoms in total. The Kier molecular flexibility index (Phi) is 6.07. The van der Waals surface area contributed by atoms with E-state index in [1.807, 2.05) is 16.7 Å². The highest BCUT2D eigenvalue weighted by atomic mass is 16.5. The third kappa shape index (κ3) is 4.21. The van der Waals surface area contributed by atoms with Crippen LogP contribution in [-0.2, 0) is 16.1 Å². The van der Waals surface area contributed by atoms with Crippen molar-refractivity contribution in [2.24, 2.45) is 0 Å². The van der Waals surface area contributed by atoms with Crippen LogP contribution in [0, 0.1) is 0 Å². The molecule has 0 N–H and O–H groups in total. The van der Waals surface area contributed by atoms with Gasteiger partial charge in [0, 0.05) is 58.1 Å². The van der Waals surface area contributed by atoms with E-state index in [1.54, 1.807) is 16.9 Å². The molecular formula is C18H28N4O3. The van der Waals surface area contributed by atoms with Gasteiger partial charge in [-0.25, -0.2) is 0 Å². The Balaban J connectivity index is 1.66. The number of hydrogen-bond acceptors (Lipinski definition) is 4. The van der Waals surface area contributed by atoms with Crippen LogP contribution in [0.4, 0.5) is 0 Å². The average molecular weight is 348 g/mol. The summed E-state index contributed by atoms with van der Waals surface area (Å²) < 4.78 is 7.21. The van der Waals surface area contributed by atoms with Crippen LogP contribution < -0.4 is 0 Å². The predicted molar refractivity (Wildman–Crippen MR) is 93.2 cm³/mol. The van der Waals surface area contributed by atoms with Crippen LogP contribution in [0.2, 0.25) is 0 Å². The Morgan fingerprint density at radius 3 is 2.88 bits per heavy atom. The number of nitrogens with zero attached hydrogens (tertiary/aromatic N) is 4. The summed E-state index contributed by atoms with van der Waals surface area (Å²) in [6.07, 6.45) is 5.86. The SMILES string of the molecule is CCn1nccc1C(=O)N(CCCN1CCCC1=O)C1CCOCC1. The normalized spacial score (nSPS) is 18.8. The summed E-state index contributed by atoms with van der Waals surface area (Å²) in [5.74, 6) is 0.284. The summed E-state index contributed by atoms with van der Waals surface area (Å²) in [5, 5.41) is 4.23. The monoisotopic (exact) mass is 348 g/mol. The van der Waals surface area contributed by atoms with E-state index in [-0.39, 0.29) is 17.9 Å². The fourth-order valence-corrected chi connectivity index (χ4v) is 3.73. The molecule has 0 bridgehead atoms. The molecule has 0 unspecified atom stereocenters. The molecule has 0 saturated carbocycles. The number of rotatable bonds is 7. The van der Waals surface area contributed by atoms with E-state index in [0.29, 0.717) is 38.4 Å². The molecule has 2 amide bonds. The first-order valence-electron chi connectivity index (χ1n) is 9.39. The first-order valence-corrected chi connectivity index (χ1v) is 9.39. The molecule has 0 spiro atoms. The van der Waals surface area contributed by atoms with Gasteiger partial charge in [-0.15, -0.1) is 0 Å². The molecule has 0 radical (unpaired) electrons. The van der Waals surface area contributed by atoms with E-state index < -0.39 is 0 Å². The minimum absolute atomic E-state index is 0.0407. The molecule has 1 aromatic heterocycles. The van der Waals surface area contributed by atoms with Crippen molar-refractivity contribution < 1.29 is 14.3 Å². The summed E-state index contributed by atoms with van der Waals surface area (Å²) >= 11 is 0. The summed E-state index contributed by atoms with van der Waals surface area (Å²) in [4.78, 5) is 28.8. The van der Waals surface area contributed by atoms with E-state index in [0.717, 1.165) is 38.8 Å². The number of aryl methyl sites for hydroxylation is 1. The van der Waals surface area contributed by atoms with Crippen LogP contribution in [0.3, 0.4) is 0 Å². The van der Waals surface area contributed by atoms with Crippen molar-refractivity contribution in [2.75, 3.05) is 32.8 Å². The molecule has 0 aliphatic carbocycles. The second-order valence-corrected chi connectivity index (χ2v) is 6.71. The number of hydrogen-bond donors (Lipinski definition) is 0. The second-order valence-electron chi connectivity index (χ2n) is 6.71. The Morgan fingerprint density at radius 2 is 2.20 bits per heavy atom. The van der Waals surface area contributed by atoms with Crippen LogP contribution in [0.1, 0.15) is 49.5 Å². The van der Waals surface area contributed by atoms with Crippen molar-refractivity contribution in [1.82, 2.24) is 19.6 Å². The summed E-state index contributed by atoms with van der Waals surface area (Å²) in [7, 11) is 0. The number of likely N-dealkylation sites (tertiary alicyclic amines) is 1.